The van der Waals surface area contributed by atoms with Crippen LogP contribution in [0, 0.1) is 6.92 Å². The van der Waals surface area contributed by atoms with Crippen LogP contribution in [0.4, 0.5) is 10.5 Å². The molecule has 160 valence electrons. The predicted octanol–water partition coefficient (Wildman–Crippen LogP) is 3.10. The number of ether oxygens (including phenoxy) is 2. The molecule has 0 fully saturated rings. The number of carbonyl (C=O) groups excluding carboxylic acids is 1. The van der Waals surface area contributed by atoms with Gasteiger partial charge in [0.25, 0.3) is 0 Å². The largest absolute Gasteiger partial charge is 0.494 e. The van der Waals surface area contributed by atoms with Crippen LogP contribution >= 0.6 is 0 Å². The molecule has 0 aliphatic rings. The van der Waals surface area contributed by atoms with Crippen molar-refractivity contribution in [2.75, 3.05) is 31.8 Å². The number of hydrogen-bond donors (Lipinski definition) is 2. The molecule has 2 aromatic carbocycles. The van der Waals surface area contributed by atoms with Crippen molar-refractivity contribution in [1.82, 2.24) is 9.88 Å². The van der Waals surface area contributed by atoms with E-state index in [2.05, 4.69) is 10.6 Å². The van der Waals surface area contributed by atoms with Gasteiger partial charge >= 0.3 is 6.03 Å². The first kappa shape index (κ1) is 21.5. The number of amides is 2. The molecule has 3 aromatic rings. The van der Waals surface area contributed by atoms with E-state index in [1.807, 2.05) is 29.8 Å². The molecule has 0 unspecified atom stereocenters. The molecule has 9 heteroatoms. The van der Waals surface area contributed by atoms with E-state index in [0.29, 0.717) is 33.2 Å². The lowest BCUT2D eigenvalue weighted by atomic mass is 10.2. The van der Waals surface area contributed by atoms with E-state index in [1.165, 1.54) is 14.2 Å². The lowest BCUT2D eigenvalue weighted by molar-refractivity contribution is 0.252. The molecule has 0 atom stereocenters. The van der Waals surface area contributed by atoms with Crippen LogP contribution in [-0.2, 0) is 16.9 Å². The zero-order chi connectivity index (χ0) is 21.9. The Morgan fingerprint density at radius 3 is 2.30 bits per heavy atom. The summed E-state index contributed by atoms with van der Waals surface area (Å²) < 4.78 is 38.3. The summed E-state index contributed by atoms with van der Waals surface area (Å²) >= 11 is 0. The number of nitrogens with zero attached hydrogens (tertiary/aromatic N) is 1. The molecule has 30 heavy (non-hydrogen) atoms. The number of benzene rings is 2. The number of hydrogen-bond acceptors (Lipinski definition) is 5. The van der Waals surface area contributed by atoms with Gasteiger partial charge in [0, 0.05) is 30.2 Å². The van der Waals surface area contributed by atoms with Crippen LogP contribution in [-0.4, -0.2) is 45.5 Å². The molecule has 8 nitrogen and oxygen atoms in total. The Labute approximate surface area is 175 Å². The zero-order valence-corrected chi connectivity index (χ0v) is 18.2. The van der Waals surface area contributed by atoms with Crippen molar-refractivity contribution < 1.29 is 22.7 Å². The number of fused-ring (bicyclic) bond motifs is 1. The lowest BCUT2D eigenvalue weighted by Crippen LogP contribution is -2.33. The normalized spacial score (nSPS) is 11.3. The Kier molecular flexibility index (Phi) is 6.21. The number of methoxy groups -OCH3 is 2. The summed E-state index contributed by atoms with van der Waals surface area (Å²) in [6, 6.07) is 11.9. The first-order valence-electron chi connectivity index (χ1n) is 9.32. The van der Waals surface area contributed by atoms with E-state index < -0.39 is 15.9 Å². The van der Waals surface area contributed by atoms with Crippen molar-refractivity contribution in [2.45, 2.75) is 11.8 Å². The average molecular weight is 432 g/mol. The predicted molar refractivity (Wildman–Crippen MR) is 116 cm³/mol. The molecule has 0 saturated carbocycles. The van der Waals surface area contributed by atoms with Crippen molar-refractivity contribution in [2.24, 2.45) is 7.05 Å². The van der Waals surface area contributed by atoms with Gasteiger partial charge in [-0.25, -0.2) is 13.2 Å². The number of aromatic nitrogens is 1. The Hall–Kier alpha value is -3.20. The second kappa shape index (κ2) is 8.66. The smallest absolute Gasteiger partial charge is 0.319 e. The second-order valence-electron chi connectivity index (χ2n) is 6.73. The van der Waals surface area contributed by atoms with E-state index >= 15 is 0 Å². The van der Waals surface area contributed by atoms with E-state index in [1.54, 1.807) is 31.2 Å². The molecule has 1 aromatic heterocycles. The Morgan fingerprint density at radius 1 is 1.03 bits per heavy atom. The van der Waals surface area contributed by atoms with Gasteiger partial charge in [-0.15, -0.1) is 0 Å². The van der Waals surface area contributed by atoms with E-state index in [-0.39, 0.29) is 12.3 Å². The maximum Gasteiger partial charge on any atom is 0.319 e. The summed E-state index contributed by atoms with van der Waals surface area (Å²) in [4.78, 5) is 12.6. The first-order chi connectivity index (χ1) is 14.3. The fraction of sp³-hybridized carbons (Fsp3) is 0.286. The third-order valence-electron chi connectivity index (χ3n) is 4.98. The lowest BCUT2D eigenvalue weighted by Gasteiger charge is -2.14. The standard InChI is InChI=1S/C21H25N3O5S/c1-14-20(15-8-5-6-9-16(15)24(14)2)30(26,27)13-12-22-21(25)23-19-17(28-3)10-7-11-18(19)29-4/h5-11H,12-13H2,1-4H3,(H2,22,23,25). The number of urea groups is 1. The first-order valence-corrected chi connectivity index (χ1v) is 11.0. The van der Waals surface area contributed by atoms with Crippen molar-refractivity contribution in [3.05, 3.63) is 48.2 Å². The summed E-state index contributed by atoms with van der Waals surface area (Å²) in [5, 5.41) is 5.92. The zero-order valence-electron chi connectivity index (χ0n) is 17.4. The van der Waals surface area contributed by atoms with Crippen LogP contribution in [0.5, 0.6) is 11.5 Å². The summed E-state index contributed by atoms with van der Waals surface area (Å²) in [6.45, 7) is 1.73. The average Bonchev–Trinajstić information content (AvgIpc) is 2.99. The topological polar surface area (TPSA) is 98.7 Å². The molecule has 0 radical (unpaired) electrons. The number of rotatable bonds is 7. The van der Waals surface area contributed by atoms with Crippen LogP contribution in [0.1, 0.15) is 5.69 Å². The fourth-order valence-corrected chi connectivity index (χ4v) is 5.08. The van der Waals surface area contributed by atoms with E-state index in [4.69, 9.17) is 9.47 Å². The van der Waals surface area contributed by atoms with Gasteiger partial charge in [0.2, 0.25) is 0 Å². The summed E-state index contributed by atoms with van der Waals surface area (Å²) in [5.41, 5.74) is 1.88. The maximum absolute atomic E-state index is 13.0. The minimum atomic E-state index is -3.60. The number of nitrogens with one attached hydrogen (secondary N) is 2. The highest BCUT2D eigenvalue weighted by atomic mass is 32.2. The van der Waals surface area contributed by atoms with Gasteiger partial charge in [0.1, 0.15) is 17.2 Å². The molecule has 2 amide bonds. The van der Waals surface area contributed by atoms with Gasteiger partial charge in [0.05, 0.1) is 24.9 Å². The summed E-state index contributed by atoms with van der Waals surface area (Å²) in [5.74, 6) is 0.644. The van der Waals surface area contributed by atoms with Gasteiger partial charge in [-0.1, -0.05) is 24.3 Å². The Balaban J connectivity index is 1.72. The molecule has 2 N–H and O–H groups in total. The number of carbonyl (C=O) groups is 1. The summed E-state index contributed by atoms with van der Waals surface area (Å²) in [7, 11) is 1.20. The van der Waals surface area contributed by atoms with Crippen molar-refractivity contribution in [3.63, 3.8) is 0 Å². The second-order valence-corrected chi connectivity index (χ2v) is 8.77. The summed E-state index contributed by atoms with van der Waals surface area (Å²) in [6.07, 6.45) is 0. The maximum atomic E-state index is 13.0. The molecule has 0 saturated heterocycles. The number of sulfone groups is 1. The van der Waals surface area contributed by atoms with Crippen LogP contribution < -0.4 is 20.1 Å². The van der Waals surface area contributed by atoms with E-state index in [0.717, 1.165) is 5.52 Å². The molecule has 0 aliphatic carbocycles. The number of anilines is 1. The van der Waals surface area contributed by atoms with Crippen molar-refractivity contribution in [1.29, 1.82) is 0 Å². The van der Waals surface area contributed by atoms with Crippen LogP contribution in [0.15, 0.2) is 47.4 Å². The van der Waals surface area contributed by atoms with Gasteiger partial charge in [-0.3, -0.25) is 0 Å². The van der Waals surface area contributed by atoms with Crippen molar-refractivity contribution in [3.8, 4) is 11.5 Å². The van der Waals surface area contributed by atoms with Gasteiger partial charge < -0.3 is 24.7 Å². The number of aryl methyl sites for hydroxylation is 1. The highest BCUT2D eigenvalue weighted by molar-refractivity contribution is 7.91. The number of para-hydroxylation sites is 2. The molecule has 3 rings (SSSR count). The Bertz CT molecular complexity index is 1160. The van der Waals surface area contributed by atoms with Gasteiger partial charge in [-0.05, 0) is 25.1 Å². The third-order valence-corrected chi connectivity index (χ3v) is 6.85. The molecule has 0 spiro atoms. The highest BCUT2D eigenvalue weighted by Crippen LogP contribution is 2.34. The SMILES string of the molecule is COc1cccc(OC)c1NC(=O)NCCS(=O)(=O)c1c(C)n(C)c2ccccc12. The van der Waals surface area contributed by atoms with Gasteiger partial charge in [-0.2, -0.15) is 0 Å². The quantitative estimate of drug-likeness (QED) is 0.599. The van der Waals surface area contributed by atoms with Gasteiger partial charge in [0.15, 0.2) is 9.84 Å². The molecule has 0 bridgehead atoms. The minimum Gasteiger partial charge on any atom is -0.494 e. The molecule has 0 aliphatic heterocycles. The highest BCUT2D eigenvalue weighted by Gasteiger charge is 2.24. The molecule has 1 heterocycles. The van der Waals surface area contributed by atoms with Crippen LogP contribution in [0.25, 0.3) is 10.9 Å². The third kappa shape index (κ3) is 4.06. The van der Waals surface area contributed by atoms with Crippen molar-refractivity contribution >= 4 is 32.5 Å². The minimum absolute atomic E-state index is 0.0473. The fourth-order valence-electron chi connectivity index (χ4n) is 3.41. The van der Waals surface area contributed by atoms with Crippen LogP contribution in [0.2, 0.25) is 0 Å². The Morgan fingerprint density at radius 2 is 1.67 bits per heavy atom. The molecular weight excluding hydrogens is 406 g/mol. The monoisotopic (exact) mass is 431 g/mol. The van der Waals surface area contributed by atoms with Crippen LogP contribution in [0.3, 0.4) is 0 Å². The van der Waals surface area contributed by atoms with E-state index in [9.17, 15) is 13.2 Å². The molecular formula is C21H25N3O5S.